The van der Waals surface area contributed by atoms with Crippen molar-refractivity contribution in [3.63, 3.8) is 0 Å². The number of hydrogen-bond acceptors (Lipinski definition) is 4. The number of carbonyl (C=O) groups excluding carboxylic acids is 2. The molecule has 0 saturated carbocycles. The number of carbonyl (C=O) groups is 2. The first-order valence-electron chi connectivity index (χ1n) is 12.2. The van der Waals surface area contributed by atoms with E-state index < -0.39 is 17.8 Å². The number of fused-ring (bicyclic) bond motifs is 1. The summed E-state index contributed by atoms with van der Waals surface area (Å²) in [4.78, 5) is 28.2. The maximum Gasteiger partial charge on any atom is 0.435 e. The minimum Gasteiger partial charge on any atom is -0.315 e. The third-order valence-corrected chi connectivity index (χ3v) is 6.69. The number of Topliss-reactive ketones (excluding diaryl/α,β-unsaturated/α-hetero) is 1. The van der Waals surface area contributed by atoms with Crippen LogP contribution >= 0.6 is 0 Å². The number of benzene rings is 2. The quantitative estimate of drug-likeness (QED) is 0.423. The van der Waals surface area contributed by atoms with Crippen molar-refractivity contribution in [3.8, 4) is 6.07 Å². The minimum absolute atomic E-state index is 0.164. The molecule has 2 aromatic carbocycles. The van der Waals surface area contributed by atoms with Crippen molar-refractivity contribution in [3.05, 3.63) is 82.7 Å². The van der Waals surface area contributed by atoms with Crippen molar-refractivity contribution in [2.45, 2.75) is 51.2 Å². The van der Waals surface area contributed by atoms with E-state index in [-0.39, 0.29) is 43.1 Å². The highest BCUT2D eigenvalue weighted by molar-refractivity contribution is 5.97. The fourth-order valence-electron chi connectivity index (χ4n) is 4.89. The van der Waals surface area contributed by atoms with Crippen LogP contribution in [0.3, 0.4) is 0 Å². The Morgan fingerprint density at radius 1 is 1.11 bits per heavy atom. The van der Waals surface area contributed by atoms with Crippen LogP contribution in [-0.4, -0.2) is 28.5 Å². The molecule has 0 spiro atoms. The number of hydrogen-bond donors (Lipinski definition) is 0. The van der Waals surface area contributed by atoms with Crippen molar-refractivity contribution in [2.24, 2.45) is 5.92 Å². The van der Waals surface area contributed by atoms with E-state index in [1.807, 2.05) is 6.07 Å². The van der Waals surface area contributed by atoms with Crippen LogP contribution < -0.4 is 4.90 Å². The first kappa shape index (κ1) is 26.1. The van der Waals surface area contributed by atoms with Crippen LogP contribution in [0.1, 0.15) is 47.3 Å². The highest BCUT2D eigenvalue weighted by Gasteiger charge is 2.39. The Balaban J connectivity index is 1.58. The Kier molecular flexibility index (Phi) is 7.77. The van der Waals surface area contributed by atoms with Gasteiger partial charge in [0.25, 0.3) is 0 Å². The molecule has 1 atom stereocenters. The predicted molar refractivity (Wildman–Crippen MR) is 132 cm³/mol. The average molecular weight is 509 g/mol. The minimum atomic E-state index is -4.58. The van der Waals surface area contributed by atoms with Crippen LogP contribution in [0.5, 0.6) is 0 Å². The third-order valence-electron chi connectivity index (χ3n) is 6.69. The Labute approximate surface area is 213 Å². The molecule has 1 aliphatic rings. The van der Waals surface area contributed by atoms with Crippen LogP contribution in [-0.2, 0) is 41.6 Å². The standard InChI is InChI=1S/C28H27F3N4O2/c1-34(22-10-3-2-4-11-22)27(37)21(15-19-8-7-9-20(14-19)17-32)16-23(36)18-35-25-13-6-5-12-24(25)26(33-35)28(29,30)31/h2-4,7-11,14,21H,5-6,12-13,15-16,18H2,1H3. The van der Waals surface area contributed by atoms with Crippen LogP contribution in [0.15, 0.2) is 54.6 Å². The molecule has 0 bridgehead atoms. The van der Waals surface area contributed by atoms with E-state index in [0.29, 0.717) is 29.8 Å². The van der Waals surface area contributed by atoms with Gasteiger partial charge >= 0.3 is 6.18 Å². The Morgan fingerprint density at radius 2 is 1.84 bits per heavy atom. The van der Waals surface area contributed by atoms with Crippen molar-refractivity contribution in [1.29, 1.82) is 5.26 Å². The molecule has 1 unspecified atom stereocenters. The first-order chi connectivity index (χ1) is 17.7. The summed E-state index contributed by atoms with van der Waals surface area (Å²) in [5.41, 5.74) is 1.54. The summed E-state index contributed by atoms with van der Waals surface area (Å²) in [6.45, 7) is -0.324. The topological polar surface area (TPSA) is 79.0 Å². The summed E-state index contributed by atoms with van der Waals surface area (Å²) in [5, 5.41) is 13.0. The lowest BCUT2D eigenvalue weighted by Crippen LogP contribution is -2.35. The number of rotatable bonds is 8. The second-order valence-corrected chi connectivity index (χ2v) is 9.33. The molecule has 0 saturated heterocycles. The fraction of sp³-hybridized carbons (Fsp3) is 0.357. The van der Waals surface area contributed by atoms with Crippen molar-refractivity contribution >= 4 is 17.4 Å². The fourth-order valence-corrected chi connectivity index (χ4v) is 4.89. The molecular weight excluding hydrogens is 481 g/mol. The molecule has 3 aromatic rings. The highest BCUT2D eigenvalue weighted by Crippen LogP contribution is 2.36. The summed E-state index contributed by atoms with van der Waals surface area (Å²) in [6, 6.07) is 17.9. The van der Waals surface area contributed by atoms with Gasteiger partial charge in [0.2, 0.25) is 5.91 Å². The van der Waals surface area contributed by atoms with Crippen LogP contribution in [0, 0.1) is 17.2 Å². The first-order valence-corrected chi connectivity index (χ1v) is 12.2. The molecule has 1 amide bonds. The third kappa shape index (κ3) is 6.08. The molecule has 1 aliphatic carbocycles. The lowest BCUT2D eigenvalue weighted by molar-refractivity contribution is -0.142. The SMILES string of the molecule is CN(C(=O)C(CC(=O)Cn1nc(C(F)(F)F)c2c1CCCC2)Cc1cccc(C#N)c1)c1ccccc1. The van der Waals surface area contributed by atoms with Gasteiger partial charge in [-0.25, -0.2) is 0 Å². The number of nitriles is 1. The summed E-state index contributed by atoms with van der Waals surface area (Å²) >= 11 is 0. The molecule has 6 nitrogen and oxygen atoms in total. The number of nitrogens with zero attached hydrogens (tertiary/aromatic N) is 4. The highest BCUT2D eigenvalue weighted by atomic mass is 19.4. The van der Waals surface area contributed by atoms with Crippen molar-refractivity contribution in [1.82, 2.24) is 9.78 Å². The number of aromatic nitrogens is 2. The molecule has 9 heteroatoms. The monoisotopic (exact) mass is 508 g/mol. The number of amides is 1. The molecule has 1 aromatic heterocycles. The van der Waals surface area contributed by atoms with E-state index in [4.69, 9.17) is 0 Å². The molecular formula is C28H27F3N4O2. The molecule has 0 radical (unpaired) electrons. The predicted octanol–water partition coefficient (Wildman–Crippen LogP) is 5.13. The van der Waals surface area contributed by atoms with Gasteiger partial charge < -0.3 is 4.90 Å². The molecule has 37 heavy (non-hydrogen) atoms. The molecule has 192 valence electrons. The number of ketones is 1. The maximum absolute atomic E-state index is 13.6. The zero-order chi connectivity index (χ0) is 26.6. The molecule has 0 fully saturated rings. The van der Waals surface area contributed by atoms with Crippen molar-refractivity contribution < 1.29 is 22.8 Å². The second kappa shape index (κ2) is 11.0. The number of alkyl halides is 3. The van der Waals surface area contributed by atoms with Crippen LogP contribution in [0.25, 0.3) is 0 Å². The van der Waals surface area contributed by atoms with E-state index in [1.165, 1.54) is 9.58 Å². The van der Waals surface area contributed by atoms with Gasteiger partial charge in [-0.2, -0.15) is 23.5 Å². The molecule has 0 N–H and O–H groups in total. The van der Waals surface area contributed by atoms with Gasteiger partial charge in [-0.15, -0.1) is 0 Å². The largest absolute Gasteiger partial charge is 0.435 e. The lowest BCUT2D eigenvalue weighted by Gasteiger charge is -2.24. The van der Waals surface area contributed by atoms with Gasteiger partial charge in [-0.05, 0) is 61.9 Å². The van der Waals surface area contributed by atoms with Gasteiger partial charge in [-0.3, -0.25) is 14.3 Å². The summed E-state index contributed by atoms with van der Waals surface area (Å²) in [7, 11) is 1.63. The summed E-state index contributed by atoms with van der Waals surface area (Å²) in [5.74, 6) is -1.43. The number of para-hydroxylation sites is 1. The van der Waals surface area contributed by atoms with Gasteiger partial charge in [0.15, 0.2) is 11.5 Å². The molecule has 4 rings (SSSR count). The Hall–Kier alpha value is -3.93. The molecule has 1 heterocycles. The second-order valence-electron chi connectivity index (χ2n) is 9.33. The van der Waals surface area contributed by atoms with Gasteiger partial charge in [-0.1, -0.05) is 30.3 Å². The lowest BCUT2D eigenvalue weighted by atomic mass is 9.92. The number of anilines is 1. The van der Waals surface area contributed by atoms with Crippen LogP contribution in [0.2, 0.25) is 0 Å². The summed E-state index contributed by atoms with van der Waals surface area (Å²) < 4.78 is 41.9. The zero-order valence-electron chi connectivity index (χ0n) is 20.5. The number of halogens is 3. The van der Waals surface area contributed by atoms with E-state index in [1.54, 1.807) is 55.6 Å². The zero-order valence-corrected chi connectivity index (χ0v) is 20.5. The maximum atomic E-state index is 13.6. The molecule has 0 aliphatic heterocycles. The Morgan fingerprint density at radius 3 is 2.54 bits per heavy atom. The normalized spacial score (nSPS) is 13.9. The average Bonchev–Trinajstić information content (AvgIpc) is 3.27. The van der Waals surface area contributed by atoms with Crippen LogP contribution in [0.4, 0.5) is 18.9 Å². The Bertz CT molecular complexity index is 1330. The summed E-state index contributed by atoms with van der Waals surface area (Å²) in [6.07, 6.45) is -2.42. The van der Waals surface area contributed by atoms with Gasteiger partial charge in [0, 0.05) is 36.3 Å². The van der Waals surface area contributed by atoms with Crippen molar-refractivity contribution in [2.75, 3.05) is 11.9 Å². The van der Waals surface area contributed by atoms with Gasteiger partial charge in [0.1, 0.15) is 0 Å². The van der Waals surface area contributed by atoms with E-state index in [2.05, 4.69) is 11.2 Å². The van der Waals surface area contributed by atoms with Gasteiger partial charge in [0.05, 0.1) is 18.2 Å². The van der Waals surface area contributed by atoms with E-state index in [0.717, 1.165) is 12.0 Å². The van der Waals surface area contributed by atoms with E-state index >= 15 is 0 Å². The smallest absolute Gasteiger partial charge is 0.315 e. The van der Waals surface area contributed by atoms with E-state index in [9.17, 15) is 28.0 Å².